The van der Waals surface area contributed by atoms with Gasteiger partial charge in [-0.05, 0) is 54.1 Å². The first kappa shape index (κ1) is 18.3. The average Bonchev–Trinajstić information content (AvgIpc) is 3.38. The Morgan fingerprint density at radius 3 is 2.50 bits per heavy atom. The second-order valence-electron chi connectivity index (χ2n) is 6.12. The molecule has 2 aromatic heterocycles. The Kier molecular flexibility index (Phi) is 5.43. The zero-order valence-corrected chi connectivity index (χ0v) is 16.0. The summed E-state index contributed by atoms with van der Waals surface area (Å²) in [6.45, 7) is 0.521. The van der Waals surface area contributed by atoms with Gasteiger partial charge in [-0.3, -0.25) is 4.57 Å². The Hall–Kier alpha value is -3.06. The van der Waals surface area contributed by atoms with E-state index in [2.05, 4.69) is 10.2 Å². The van der Waals surface area contributed by atoms with Gasteiger partial charge in [0.25, 0.3) is 0 Å². The van der Waals surface area contributed by atoms with Gasteiger partial charge in [-0.15, -0.1) is 10.2 Å². The van der Waals surface area contributed by atoms with E-state index in [0.717, 1.165) is 33.6 Å². The number of methoxy groups -OCH3 is 1. The van der Waals surface area contributed by atoms with Crippen LogP contribution in [-0.4, -0.2) is 21.9 Å². The van der Waals surface area contributed by atoms with Crippen molar-refractivity contribution < 1.29 is 13.5 Å². The summed E-state index contributed by atoms with van der Waals surface area (Å²) in [5, 5.41) is 9.55. The molecule has 0 bridgehead atoms. The van der Waals surface area contributed by atoms with Crippen LogP contribution in [0.2, 0.25) is 0 Å². The van der Waals surface area contributed by atoms with Crippen LogP contribution in [0.15, 0.2) is 76.5 Å². The summed E-state index contributed by atoms with van der Waals surface area (Å²) in [6.07, 6.45) is 1.65. The first-order valence-electron chi connectivity index (χ1n) is 8.70. The highest BCUT2D eigenvalue weighted by Crippen LogP contribution is 2.28. The first-order chi connectivity index (χ1) is 13.7. The minimum Gasteiger partial charge on any atom is -0.497 e. The van der Waals surface area contributed by atoms with Crippen LogP contribution in [0.3, 0.4) is 0 Å². The van der Waals surface area contributed by atoms with Crippen molar-refractivity contribution in [2.75, 3.05) is 7.11 Å². The van der Waals surface area contributed by atoms with Crippen LogP contribution >= 0.6 is 11.8 Å². The van der Waals surface area contributed by atoms with E-state index in [1.165, 1.54) is 12.1 Å². The van der Waals surface area contributed by atoms with Crippen molar-refractivity contribution in [2.24, 2.45) is 0 Å². The summed E-state index contributed by atoms with van der Waals surface area (Å²) >= 11 is 1.55. The minimum absolute atomic E-state index is 0.239. The van der Waals surface area contributed by atoms with Crippen LogP contribution in [0.5, 0.6) is 5.75 Å². The molecular weight excluding hydrogens is 377 g/mol. The number of thioether (sulfide) groups is 1. The van der Waals surface area contributed by atoms with E-state index in [9.17, 15) is 4.39 Å². The molecule has 0 saturated heterocycles. The van der Waals surface area contributed by atoms with Gasteiger partial charge >= 0.3 is 0 Å². The molecule has 2 heterocycles. The molecule has 5 nitrogen and oxygen atoms in total. The van der Waals surface area contributed by atoms with Gasteiger partial charge in [-0.25, -0.2) is 4.39 Å². The molecule has 0 unspecified atom stereocenters. The smallest absolute Gasteiger partial charge is 0.192 e. The topological polar surface area (TPSA) is 53.1 Å². The number of ether oxygens (including phenoxy) is 1. The molecule has 7 heteroatoms. The van der Waals surface area contributed by atoms with Gasteiger partial charge in [-0.2, -0.15) is 0 Å². The molecule has 0 saturated carbocycles. The van der Waals surface area contributed by atoms with Crippen molar-refractivity contribution in [1.29, 1.82) is 0 Å². The van der Waals surface area contributed by atoms with Crippen molar-refractivity contribution in [3.63, 3.8) is 0 Å². The Balaban J connectivity index is 1.63. The van der Waals surface area contributed by atoms with Gasteiger partial charge in [0, 0.05) is 11.3 Å². The third-order valence-electron chi connectivity index (χ3n) is 4.24. The largest absolute Gasteiger partial charge is 0.497 e. The Bertz CT molecular complexity index is 1030. The maximum Gasteiger partial charge on any atom is 0.192 e. The molecule has 0 atom stereocenters. The number of benzene rings is 2. The molecule has 0 aliphatic heterocycles. The first-order valence-corrected chi connectivity index (χ1v) is 9.69. The fourth-order valence-electron chi connectivity index (χ4n) is 2.78. The summed E-state index contributed by atoms with van der Waals surface area (Å²) < 4.78 is 25.9. The van der Waals surface area contributed by atoms with Crippen molar-refractivity contribution >= 4 is 11.8 Å². The average molecular weight is 395 g/mol. The number of halogens is 1. The van der Waals surface area contributed by atoms with Crippen molar-refractivity contribution in [1.82, 2.24) is 14.8 Å². The van der Waals surface area contributed by atoms with Gasteiger partial charge in [0.15, 0.2) is 11.0 Å². The summed E-state index contributed by atoms with van der Waals surface area (Å²) in [5.74, 6) is 2.78. The van der Waals surface area contributed by atoms with Gasteiger partial charge in [0.1, 0.15) is 17.3 Å². The number of hydrogen-bond donors (Lipinski definition) is 0. The molecule has 142 valence electrons. The van der Waals surface area contributed by atoms with Crippen LogP contribution in [0.25, 0.3) is 11.4 Å². The van der Waals surface area contributed by atoms with E-state index in [1.54, 1.807) is 37.3 Å². The van der Waals surface area contributed by atoms with Gasteiger partial charge in [-0.1, -0.05) is 23.9 Å². The Morgan fingerprint density at radius 2 is 1.82 bits per heavy atom. The minimum atomic E-state index is -0.239. The van der Waals surface area contributed by atoms with E-state index in [-0.39, 0.29) is 5.82 Å². The highest BCUT2D eigenvalue weighted by Gasteiger charge is 2.16. The fraction of sp³-hybridized carbons (Fsp3) is 0.143. The van der Waals surface area contributed by atoms with Crippen LogP contribution in [0, 0.1) is 5.82 Å². The maximum absolute atomic E-state index is 13.1. The van der Waals surface area contributed by atoms with Crippen molar-refractivity contribution in [2.45, 2.75) is 17.5 Å². The molecule has 0 fully saturated rings. The predicted molar refractivity (Wildman–Crippen MR) is 106 cm³/mol. The van der Waals surface area contributed by atoms with E-state index < -0.39 is 0 Å². The summed E-state index contributed by atoms with van der Waals surface area (Å²) in [6, 6.07) is 18.0. The summed E-state index contributed by atoms with van der Waals surface area (Å²) in [4.78, 5) is 0. The highest BCUT2D eigenvalue weighted by atomic mass is 32.2. The second kappa shape index (κ2) is 8.31. The van der Waals surface area contributed by atoms with Crippen molar-refractivity contribution in [3.8, 4) is 17.1 Å². The lowest BCUT2D eigenvalue weighted by Crippen LogP contribution is -2.03. The van der Waals surface area contributed by atoms with Gasteiger partial charge in [0.2, 0.25) is 0 Å². The predicted octanol–water partition coefficient (Wildman–Crippen LogP) is 5.03. The summed E-state index contributed by atoms with van der Waals surface area (Å²) in [7, 11) is 1.64. The Labute approximate surface area is 166 Å². The number of hydrogen-bond acceptors (Lipinski definition) is 5. The standard InChI is InChI=1S/C21H18FN3O2S/c1-26-18-10-6-16(7-11-18)20-23-24-21(25(20)13-19-3-2-12-27-19)28-14-15-4-8-17(22)9-5-15/h2-12H,13-14H2,1H3. The quantitative estimate of drug-likeness (QED) is 0.411. The zero-order chi connectivity index (χ0) is 19.3. The number of aromatic nitrogens is 3. The SMILES string of the molecule is COc1ccc(-c2nnc(SCc3ccc(F)cc3)n2Cc2ccco2)cc1. The lowest BCUT2D eigenvalue weighted by atomic mass is 10.2. The van der Waals surface area contributed by atoms with Crippen LogP contribution in [-0.2, 0) is 12.3 Å². The van der Waals surface area contributed by atoms with E-state index >= 15 is 0 Å². The van der Waals surface area contributed by atoms with Crippen LogP contribution < -0.4 is 4.74 Å². The highest BCUT2D eigenvalue weighted by molar-refractivity contribution is 7.98. The molecular formula is C21H18FN3O2S. The van der Waals surface area contributed by atoms with Crippen molar-refractivity contribution in [3.05, 3.63) is 84.1 Å². The van der Waals surface area contributed by atoms with Crippen LogP contribution in [0.4, 0.5) is 4.39 Å². The molecule has 4 aromatic rings. The fourth-order valence-corrected chi connectivity index (χ4v) is 3.67. The number of nitrogens with zero attached hydrogens (tertiary/aromatic N) is 3. The summed E-state index contributed by atoms with van der Waals surface area (Å²) in [5.41, 5.74) is 1.96. The lowest BCUT2D eigenvalue weighted by molar-refractivity contribution is 0.415. The number of rotatable bonds is 7. The van der Waals surface area contributed by atoms with E-state index in [4.69, 9.17) is 9.15 Å². The normalized spacial score (nSPS) is 10.9. The molecule has 0 N–H and O–H groups in total. The maximum atomic E-state index is 13.1. The third kappa shape index (κ3) is 4.09. The van der Waals surface area contributed by atoms with E-state index in [1.807, 2.05) is 41.0 Å². The molecule has 0 aliphatic carbocycles. The monoisotopic (exact) mass is 395 g/mol. The van der Waals surface area contributed by atoms with Crippen LogP contribution in [0.1, 0.15) is 11.3 Å². The second-order valence-corrected chi connectivity index (χ2v) is 7.06. The number of furan rings is 1. The Morgan fingerprint density at radius 1 is 1.04 bits per heavy atom. The zero-order valence-electron chi connectivity index (χ0n) is 15.2. The lowest BCUT2D eigenvalue weighted by Gasteiger charge is -2.09. The molecule has 28 heavy (non-hydrogen) atoms. The third-order valence-corrected chi connectivity index (χ3v) is 5.28. The molecule has 0 spiro atoms. The molecule has 0 amide bonds. The molecule has 0 radical (unpaired) electrons. The van der Waals surface area contributed by atoms with Gasteiger partial charge in [0.05, 0.1) is 19.9 Å². The molecule has 2 aromatic carbocycles. The van der Waals surface area contributed by atoms with E-state index in [0.29, 0.717) is 12.3 Å². The molecule has 4 rings (SSSR count). The molecule has 0 aliphatic rings. The van der Waals surface area contributed by atoms with Gasteiger partial charge < -0.3 is 9.15 Å².